The number of hydrogen-bond acceptors (Lipinski definition) is 1. The van der Waals surface area contributed by atoms with Gasteiger partial charge in [-0.05, 0) is 6.92 Å². The predicted octanol–water partition coefficient (Wildman–Crippen LogP) is 2.17. The molecule has 1 aromatic carbocycles. The molecule has 1 N–H and O–H groups in total. The molecular formula is C10H5F5N2O. The molecule has 1 aromatic heterocycles. The molecule has 0 radical (unpaired) electrons. The topological polar surface area (TPSA) is 37.8 Å². The standard InChI is InChI=1S/C10H5F5N2O/c1-3-2-16-17(10(3)18)9-7(14)5(12)4(11)6(13)8(9)15/h2,16H,1H3. The van der Waals surface area contributed by atoms with Gasteiger partial charge in [0, 0.05) is 11.8 Å². The van der Waals surface area contributed by atoms with Gasteiger partial charge in [-0.2, -0.15) is 0 Å². The molecule has 0 aliphatic rings. The lowest BCUT2D eigenvalue weighted by atomic mass is 10.2. The Bertz CT molecular complexity index is 659. The third kappa shape index (κ3) is 1.52. The number of nitrogens with zero attached hydrogens (tertiary/aromatic N) is 1. The van der Waals surface area contributed by atoms with E-state index in [4.69, 9.17) is 0 Å². The quantitative estimate of drug-likeness (QED) is 0.478. The Morgan fingerprint density at radius 1 is 0.944 bits per heavy atom. The third-order valence-electron chi connectivity index (χ3n) is 2.36. The molecule has 1 heterocycles. The van der Waals surface area contributed by atoms with Gasteiger partial charge in [0.25, 0.3) is 5.56 Å². The molecule has 3 nitrogen and oxygen atoms in total. The lowest BCUT2D eigenvalue weighted by molar-refractivity contribution is 0.373. The molecule has 18 heavy (non-hydrogen) atoms. The van der Waals surface area contributed by atoms with Gasteiger partial charge in [0.05, 0.1) is 0 Å². The number of hydrogen-bond donors (Lipinski definition) is 1. The van der Waals surface area contributed by atoms with Crippen molar-refractivity contribution in [3.05, 3.63) is 51.2 Å². The maximum atomic E-state index is 13.4. The fourth-order valence-corrected chi connectivity index (χ4v) is 1.41. The van der Waals surface area contributed by atoms with E-state index in [9.17, 15) is 26.7 Å². The Hall–Kier alpha value is -2.12. The molecule has 0 aliphatic heterocycles. The van der Waals surface area contributed by atoms with Gasteiger partial charge in [-0.3, -0.25) is 9.89 Å². The first-order valence-corrected chi connectivity index (χ1v) is 4.65. The average Bonchev–Trinajstić information content (AvgIpc) is 2.66. The zero-order valence-corrected chi connectivity index (χ0v) is 8.82. The van der Waals surface area contributed by atoms with Crippen LogP contribution >= 0.6 is 0 Å². The van der Waals surface area contributed by atoms with Crippen LogP contribution in [0.15, 0.2) is 11.0 Å². The molecular weight excluding hydrogens is 259 g/mol. The molecule has 0 saturated carbocycles. The van der Waals surface area contributed by atoms with Gasteiger partial charge >= 0.3 is 0 Å². The largest absolute Gasteiger partial charge is 0.298 e. The molecule has 2 rings (SSSR count). The van der Waals surface area contributed by atoms with Gasteiger partial charge in [-0.25, -0.2) is 26.6 Å². The van der Waals surface area contributed by atoms with Crippen molar-refractivity contribution >= 4 is 0 Å². The SMILES string of the molecule is Cc1c[nH]n(-c2c(F)c(F)c(F)c(F)c2F)c1=O. The molecule has 2 aromatic rings. The van der Waals surface area contributed by atoms with Crippen LogP contribution in [0.4, 0.5) is 22.0 Å². The molecule has 0 saturated heterocycles. The fraction of sp³-hybridized carbons (Fsp3) is 0.100. The van der Waals surface area contributed by atoms with Crippen molar-refractivity contribution < 1.29 is 22.0 Å². The highest BCUT2D eigenvalue weighted by atomic mass is 19.2. The van der Waals surface area contributed by atoms with E-state index in [1.807, 2.05) is 0 Å². The van der Waals surface area contributed by atoms with E-state index in [1.165, 1.54) is 6.92 Å². The lowest BCUT2D eigenvalue weighted by Gasteiger charge is -2.07. The Labute approximate surface area is 96.4 Å². The van der Waals surface area contributed by atoms with E-state index < -0.39 is 40.3 Å². The van der Waals surface area contributed by atoms with Crippen LogP contribution in [0.5, 0.6) is 0 Å². The summed E-state index contributed by atoms with van der Waals surface area (Å²) in [5.74, 6) is -10.6. The zero-order valence-electron chi connectivity index (χ0n) is 8.82. The van der Waals surface area contributed by atoms with Crippen molar-refractivity contribution in [3.8, 4) is 5.69 Å². The number of rotatable bonds is 1. The first kappa shape index (κ1) is 12.3. The number of aromatic nitrogens is 2. The van der Waals surface area contributed by atoms with E-state index in [0.717, 1.165) is 6.20 Å². The van der Waals surface area contributed by atoms with E-state index in [1.54, 1.807) is 0 Å². The minimum absolute atomic E-state index is 0.0685. The molecule has 0 spiro atoms. The summed E-state index contributed by atoms with van der Waals surface area (Å²) in [7, 11) is 0. The number of nitrogens with one attached hydrogen (secondary N) is 1. The molecule has 0 amide bonds. The summed E-state index contributed by atoms with van der Waals surface area (Å²) in [6, 6.07) is 0. The van der Waals surface area contributed by atoms with E-state index in [-0.39, 0.29) is 10.2 Å². The summed E-state index contributed by atoms with van der Waals surface area (Å²) in [4.78, 5) is 11.4. The van der Waals surface area contributed by atoms with Gasteiger partial charge in [-0.15, -0.1) is 0 Å². The van der Waals surface area contributed by atoms with Crippen LogP contribution in [0.2, 0.25) is 0 Å². The fourth-order valence-electron chi connectivity index (χ4n) is 1.41. The second kappa shape index (κ2) is 3.97. The predicted molar refractivity (Wildman–Crippen MR) is 50.9 cm³/mol. The van der Waals surface area contributed by atoms with Crippen LogP contribution in [-0.4, -0.2) is 9.78 Å². The summed E-state index contributed by atoms with van der Waals surface area (Å²) in [6.45, 7) is 1.32. The number of benzene rings is 1. The van der Waals surface area contributed by atoms with Crippen molar-refractivity contribution in [1.29, 1.82) is 0 Å². The highest BCUT2D eigenvalue weighted by Gasteiger charge is 2.28. The second-order valence-corrected chi connectivity index (χ2v) is 3.52. The smallest absolute Gasteiger partial charge is 0.274 e. The van der Waals surface area contributed by atoms with Crippen LogP contribution in [0.25, 0.3) is 5.69 Å². The van der Waals surface area contributed by atoms with E-state index >= 15 is 0 Å². The molecule has 0 atom stereocenters. The van der Waals surface area contributed by atoms with Gasteiger partial charge in [0.2, 0.25) is 5.82 Å². The van der Waals surface area contributed by atoms with Crippen LogP contribution in [-0.2, 0) is 0 Å². The molecule has 96 valence electrons. The average molecular weight is 264 g/mol. The normalized spacial score (nSPS) is 11.0. The molecule has 0 fully saturated rings. The summed E-state index contributed by atoms with van der Waals surface area (Å²) < 4.78 is 65.7. The van der Waals surface area contributed by atoms with Crippen LogP contribution in [0.3, 0.4) is 0 Å². The minimum atomic E-state index is -2.27. The minimum Gasteiger partial charge on any atom is -0.298 e. The molecule has 0 bridgehead atoms. The van der Waals surface area contributed by atoms with Gasteiger partial charge in [0.15, 0.2) is 23.3 Å². The monoisotopic (exact) mass is 264 g/mol. The number of H-pyrrole nitrogens is 1. The summed E-state index contributed by atoms with van der Waals surface area (Å²) >= 11 is 0. The second-order valence-electron chi connectivity index (χ2n) is 3.52. The first-order valence-electron chi connectivity index (χ1n) is 4.65. The summed E-state index contributed by atoms with van der Waals surface area (Å²) in [5.41, 5.74) is -2.17. The van der Waals surface area contributed by atoms with Crippen molar-refractivity contribution in [1.82, 2.24) is 9.78 Å². The summed E-state index contributed by atoms with van der Waals surface area (Å²) in [6.07, 6.45) is 1.08. The number of aromatic amines is 1. The molecule has 0 aliphatic carbocycles. The molecule has 0 unspecified atom stereocenters. The van der Waals surface area contributed by atoms with Gasteiger partial charge in [0.1, 0.15) is 5.69 Å². The maximum Gasteiger partial charge on any atom is 0.274 e. The van der Waals surface area contributed by atoms with Crippen molar-refractivity contribution in [2.24, 2.45) is 0 Å². The van der Waals surface area contributed by atoms with Crippen LogP contribution in [0, 0.1) is 36.0 Å². The van der Waals surface area contributed by atoms with Gasteiger partial charge < -0.3 is 0 Å². The first-order chi connectivity index (χ1) is 8.36. The number of halogens is 5. The van der Waals surface area contributed by atoms with Crippen molar-refractivity contribution in [2.45, 2.75) is 6.92 Å². The maximum absolute atomic E-state index is 13.4. The van der Waals surface area contributed by atoms with Gasteiger partial charge in [-0.1, -0.05) is 0 Å². The van der Waals surface area contributed by atoms with Crippen molar-refractivity contribution in [2.75, 3.05) is 0 Å². The highest BCUT2D eigenvalue weighted by molar-refractivity contribution is 5.37. The Balaban J connectivity index is 2.89. The lowest BCUT2D eigenvalue weighted by Crippen LogP contribution is -2.21. The molecule has 8 heteroatoms. The van der Waals surface area contributed by atoms with Crippen LogP contribution in [0.1, 0.15) is 5.56 Å². The Morgan fingerprint density at radius 2 is 1.39 bits per heavy atom. The number of aryl methyl sites for hydroxylation is 1. The van der Waals surface area contributed by atoms with Crippen LogP contribution < -0.4 is 5.56 Å². The Kier molecular flexibility index (Phi) is 2.72. The Morgan fingerprint density at radius 3 is 1.78 bits per heavy atom. The van der Waals surface area contributed by atoms with E-state index in [0.29, 0.717) is 0 Å². The highest BCUT2D eigenvalue weighted by Crippen LogP contribution is 2.24. The van der Waals surface area contributed by atoms with E-state index in [2.05, 4.69) is 5.10 Å². The zero-order chi connectivity index (χ0) is 13.6. The third-order valence-corrected chi connectivity index (χ3v) is 2.36. The summed E-state index contributed by atoms with van der Waals surface area (Å²) in [5, 5.41) is 2.11. The van der Waals surface area contributed by atoms with Crippen molar-refractivity contribution in [3.63, 3.8) is 0 Å².